The van der Waals surface area contributed by atoms with E-state index in [-0.39, 0.29) is 0 Å². The molecule has 14 rings (SSSR count). The van der Waals surface area contributed by atoms with Gasteiger partial charge >= 0.3 is 0 Å². The van der Waals surface area contributed by atoms with Gasteiger partial charge in [-0.15, -0.1) is 0 Å². The van der Waals surface area contributed by atoms with Crippen LogP contribution < -0.4 is 10.6 Å². The van der Waals surface area contributed by atoms with Crippen LogP contribution in [0.2, 0.25) is 0 Å². The second-order valence-electron chi connectivity index (χ2n) is 20.3. The summed E-state index contributed by atoms with van der Waals surface area (Å²) in [7, 11) is 0. The fourth-order valence-corrected chi connectivity index (χ4v) is 11.4. The van der Waals surface area contributed by atoms with Crippen molar-refractivity contribution in [1.82, 2.24) is 19.5 Å². The Bertz CT molecular complexity index is 4910. The maximum Gasteiger partial charge on any atom is 0.164 e. The van der Waals surface area contributed by atoms with Crippen LogP contribution in [0.1, 0.15) is 23.9 Å². The SMILES string of the molecule is C=c1oc2ccccc2/c1=C/C=C/c1nc(-c2cc(C/C=C\C(=C/C)c3ccccc3)c(-n3c4ccccc4c4cc(-c5ccccc5)ccc43)c(-c3ccc(-c4ccccc4)cc3)c2)nc(-c2ccc3c(c2)oc2ccccc23)n1. The zero-order valence-corrected chi connectivity index (χ0v) is 44.5. The van der Waals surface area contributed by atoms with Crippen LogP contribution in [0.15, 0.2) is 270 Å². The fraction of sp³-hybridized carbons (Fsp3) is 0.0267. The maximum absolute atomic E-state index is 6.44. The number of allylic oxidation sites excluding steroid dienone is 5. The number of aromatic nitrogens is 4. The van der Waals surface area contributed by atoms with Crippen LogP contribution in [-0.4, -0.2) is 19.5 Å². The third-order valence-electron chi connectivity index (χ3n) is 15.3. The second kappa shape index (κ2) is 20.9. The highest BCUT2D eigenvalue weighted by Crippen LogP contribution is 2.42. The minimum Gasteiger partial charge on any atom is -0.457 e. The number of nitrogens with zero attached hydrogens (tertiary/aromatic N) is 4. The lowest BCUT2D eigenvalue weighted by molar-refractivity contribution is 0.577. The van der Waals surface area contributed by atoms with E-state index in [9.17, 15) is 0 Å². The zero-order chi connectivity index (χ0) is 54.2. The molecular weight excluding hydrogens is 989 g/mol. The van der Waals surface area contributed by atoms with Crippen molar-refractivity contribution in [2.24, 2.45) is 0 Å². The Morgan fingerprint density at radius 1 is 0.469 bits per heavy atom. The molecule has 0 atom stereocenters. The summed E-state index contributed by atoms with van der Waals surface area (Å²) in [5.74, 6) is 1.54. The molecule has 6 nitrogen and oxygen atoms in total. The van der Waals surface area contributed by atoms with Gasteiger partial charge in [-0.3, -0.25) is 0 Å². The summed E-state index contributed by atoms with van der Waals surface area (Å²) < 4.78 is 15.0. The van der Waals surface area contributed by atoms with Crippen molar-refractivity contribution < 1.29 is 8.83 Å². The molecule has 4 heterocycles. The lowest BCUT2D eigenvalue weighted by atomic mass is 9.93. The van der Waals surface area contributed by atoms with Crippen LogP contribution in [0.3, 0.4) is 0 Å². The Hall–Kier alpha value is -10.7. The molecule has 0 aliphatic carbocycles. The largest absolute Gasteiger partial charge is 0.457 e. The highest BCUT2D eigenvalue weighted by molar-refractivity contribution is 6.11. The minimum atomic E-state index is 0.492. The average molecular weight is 1040 g/mol. The molecule has 384 valence electrons. The van der Waals surface area contributed by atoms with E-state index < -0.39 is 0 Å². The molecular formula is C75H52N4O2. The van der Waals surface area contributed by atoms with E-state index in [0.29, 0.717) is 29.3 Å². The number of furan rings is 2. The lowest BCUT2D eigenvalue weighted by Crippen LogP contribution is -2.17. The highest BCUT2D eigenvalue weighted by atomic mass is 16.3. The first-order valence-corrected chi connectivity index (χ1v) is 27.3. The fourth-order valence-electron chi connectivity index (χ4n) is 11.4. The van der Waals surface area contributed by atoms with Crippen molar-refractivity contribution in [3.05, 3.63) is 288 Å². The topological polar surface area (TPSA) is 69.9 Å². The van der Waals surface area contributed by atoms with Crippen molar-refractivity contribution in [1.29, 1.82) is 0 Å². The summed E-state index contributed by atoms with van der Waals surface area (Å²) in [6, 6.07) is 83.2. The normalized spacial score (nSPS) is 12.4. The highest BCUT2D eigenvalue weighted by Gasteiger charge is 2.23. The third kappa shape index (κ3) is 9.24. The first kappa shape index (κ1) is 48.7. The summed E-state index contributed by atoms with van der Waals surface area (Å²) >= 11 is 0. The summed E-state index contributed by atoms with van der Waals surface area (Å²) in [4.78, 5) is 15.9. The van der Waals surface area contributed by atoms with Gasteiger partial charge in [0.1, 0.15) is 22.2 Å². The van der Waals surface area contributed by atoms with Crippen LogP contribution in [0.4, 0.5) is 0 Å². The molecule has 0 aliphatic heterocycles. The van der Waals surface area contributed by atoms with Gasteiger partial charge in [0.2, 0.25) is 0 Å². The van der Waals surface area contributed by atoms with Crippen LogP contribution in [-0.2, 0) is 6.42 Å². The minimum absolute atomic E-state index is 0.492. The van der Waals surface area contributed by atoms with Crippen molar-refractivity contribution in [2.45, 2.75) is 13.3 Å². The Labute approximate surface area is 468 Å². The molecule has 4 aromatic heterocycles. The van der Waals surface area contributed by atoms with E-state index in [1.807, 2.05) is 66.8 Å². The van der Waals surface area contributed by atoms with Gasteiger partial charge in [0.25, 0.3) is 0 Å². The molecule has 0 saturated carbocycles. The maximum atomic E-state index is 6.44. The van der Waals surface area contributed by atoms with E-state index in [1.54, 1.807) is 0 Å². The molecule has 0 aliphatic rings. The predicted octanol–water partition coefficient (Wildman–Crippen LogP) is 18.1. The Kier molecular flexibility index (Phi) is 12.6. The molecule has 0 bridgehead atoms. The molecule has 0 amide bonds. The van der Waals surface area contributed by atoms with Gasteiger partial charge in [-0.1, -0.05) is 219 Å². The van der Waals surface area contributed by atoms with Gasteiger partial charge in [-0.05, 0) is 119 Å². The average Bonchev–Trinajstić information content (AvgIpc) is 4.36. The Morgan fingerprint density at radius 2 is 1.05 bits per heavy atom. The van der Waals surface area contributed by atoms with Crippen LogP contribution in [0, 0.1) is 0 Å². The number of hydrogen-bond acceptors (Lipinski definition) is 5. The summed E-state index contributed by atoms with van der Waals surface area (Å²) in [5.41, 5.74) is 18.0. The van der Waals surface area contributed by atoms with Crippen molar-refractivity contribution in [2.75, 3.05) is 0 Å². The molecule has 0 radical (unpaired) electrons. The Morgan fingerprint density at radius 3 is 1.80 bits per heavy atom. The summed E-state index contributed by atoms with van der Waals surface area (Å²) in [6.45, 7) is 6.33. The monoisotopic (exact) mass is 1040 g/mol. The predicted molar refractivity (Wildman–Crippen MR) is 336 cm³/mol. The van der Waals surface area contributed by atoms with Crippen LogP contribution >= 0.6 is 0 Å². The molecule has 6 heteroatoms. The molecule has 0 spiro atoms. The van der Waals surface area contributed by atoms with E-state index in [4.69, 9.17) is 23.8 Å². The van der Waals surface area contributed by atoms with Gasteiger partial charge in [0.05, 0.1) is 16.7 Å². The van der Waals surface area contributed by atoms with Gasteiger partial charge in [-0.25, -0.2) is 15.0 Å². The van der Waals surface area contributed by atoms with E-state index in [2.05, 4.69) is 224 Å². The number of fused-ring (bicyclic) bond motifs is 7. The molecule has 0 unspecified atom stereocenters. The first-order valence-electron chi connectivity index (χ1n) is 27.3. The second-order valence-corrected chi connectivity index (χ2v) is 20.3. The molecule has 81 heavy (non-hydrogen) atoms. The van der Waals surface area contributed by atoms with Gasteiger partial charge in [-0.2, -0.15) is 0 Å². The number of benzene rings is 10. The number of hydrogen-bond donors (Lipinski definition) is 0. The smallest absolute Gasteiger partial charge is 0.164 e. The lowest BCUT2D eigenvalue weighted by Gasteiger charge is -2.20. The van der Waals surface area contributed by atoms with Gasteiger partial charge in [0, 0.05) is 48.8 Å². The van der Waals surface area contributed by atoms with Crippen molar-refractivity contribution in [3.63, 3.8) is 0 Å². The molecule has 10 aromatic carbocycles. The number of para-hydroxylation sites is 3. The standard InChI is InChI=1S/C75H52N4O2/c1-3-50(51-21-7-4-8-22-51)27-19-28-57-45-59(75-77-72(36-20-32-60-49(2)80-69-34-17-14-30-62(60)69)76-74(78-75)58-41-43-64-63-31-15-18-35-70(63)81-71(64)48-58)47-65(55-39-37-54(38-40-55)52-23-9-5-10-24-52)73(57)79-67-33-16-13-29-61(67)66-46-56(42-44-68(66)79)53-25-11-6-12-26-53/h3-27,29-48H,2,28H2,1H3/b27-19-,36-20+,50-3+,60-32+. The molecule has 0 fully saturated rings. The molecule has 0 saturated heterocycles. The van der Waals surface area contributed by atoms with Crippen molar-refractivity contribution >= 4 is 79.0 Å². The van der Waals surface area contributed by atoms with E-state index in [0.717, 1.165) is 105 Å². The van der Waals surface area contributed by atoms with Crippen LogP contribution in [0.25, 0.3) is 141 Å². The zero-order valence-electron chi connectivity index (χ0n) is 44.5. The molecule has 0 N–H and O–H groups in total. The van der Waals surface area contributed by atoms with E-state index in [1.165, 1.54) is 21.9 Å². The Balaban J connectivity index is 1.02. The van der Waals surface area contributed by atoms with Gasteiger partial charge in [0.15, 0.2) is 17.5 Å². The quantitative estimate of drug-likeness (QED) is 0.114. The third-order valence-corrected chi connectivity index (χ3v) is 15.3. The number of rotatable bonds is 12. The summed E-state index contributed by atoms with van der Waals surface area (Å²) in [6.07, 6.45) is 13.2. The van der Waals surface area contributed by atoms with Gasteiger partial charge < -0.3 is 13.4 Å². The first-order chi connectivity index (χ1) is 40.0. The van der Waals surface area contributed by atoms with Crippen LogP contribution in [0.5, 0.6) is 0 Å². The summed E-state index contributed by atoms with van der Waals surface area (Å²) in [5, 5.41) is 6.32. The molecule has 14 aromatic rings. The van der Waals surface area contributed by atoms with E-state index >= 15 is 0 Å². The van der Waals surface area contributed by atoms with Crippen molar-refractivity contribution in [3.8, 4) is 61.8 Å².